The van der Waals surface area contributed by atoms with Crippen LogP contribution in [0.25, 0.3) is 11.0 Å². The first kappa shape index (κ1) is 19.1. The summed E-state index contributed by atoms with van der Waals surface area (Å²) in [6.45, 7) is 6.38. The van der Waals surface area contributed by atoms with E-state index in [1.54, 1.807) is 16.8 Å². The molecule has 8 nitrogen and oxygen atoms in total. The third-order valence-corrected chi connectivity index (χ3v) is 5.84. The maximum atomic E-state index is 12.4. The molecule has 1 atom stereocenters. The Hall–Kier alpha value is -2.19. The number of piperidine rings is 1. The lowest BCUT2D eigenvalue weighted by Gasteiger charge is -2.35. The molecule has 2 aliphatic rings. The standard InChI is InChI=1S/C19H25ClN6O2/c1-11(2)26-16-12(9-14(20)18(26)28)10-22-19(24-16)23-13-4-7-25(8-5-13)15-3-6-21-17(15)27/h9-11,13,15H,3-8H2,1-2H3,(H,21,27)(H,22,23,24). The van der Waals surface area contributed by atoms with Crippen LogP contribution in [-0.2, 0) is 4.79 Å². The summed E-state index contributed by atoms with van der Waals surface area (Å²) in [5.74, 6) is 0.662. The number of pyridine rings is 1. The number of aromatic nitrogens is 3. The van der Waals surface area contributed by atoms with E-state index >= 15 is 0 Å². The molecule has 2 aliphatic heterocycles. The van der Waals surface area contributed by atoms with E-state index in [9.17, 15) is 9.59 Å². The van der Waals surface area contributed by atoms with Gasteiger partial charge in [0.2, 0.25) is 11.9 Å². The van der Waals surface area contributed by atoms with Crippen LogP contribution in [0.5, 0.6) is 0 Å². The SMILES string of the molecule is CC(C)n1c(=O)c(Cl)cc2cnc(NC3CCN(C4CCNC4=O)CC3)nc21. The lowest BCUT2D eigenvalue weighted by Crippen LogP contribution is -2.47. The molecule has 2 fully saturated rings. The van der Waals surface area contributed by atoms with Crippen LogP contribution in [0, 0.1) is 0 Å². The minimum Gasteiger partial charge on any atom is -0.355 e. The van der Waals surface area contributed by atoms with Crippen LogP contribution >= 0.6 is 11.6 Å². The van der Waals surface area contributed by atoms with Gasteiger partial charge in [0, 0.05) is 43.3 Å². The maximum absolute atomic E-state index is 12.4. The number of hydrogen-bond acceptors (Lipinski definition) is 6. The zero-order chi connectivity index (χ0) is 19.8. The third-order valence-electron chi connectivity index (χ3n) is 5.57. The first-order chi connectivity index (χ1) is 13.4. The Balaban J connectivity index is 1.50. The van der Waals surface area contributed by atoms with Crippen molar-refractivity contribution in [1.29, 1.82) is 0 Å². The summed E-state index contributed by atoms with van der Waals surface area (Å²) in [5.41, 5.74) is 0.346. The zero-order valence-electron chi connectivity index (χ0n) is 16.1. The molecule has 2 aromatic rings. The number of nitrogens with zero attached hydrogens (tertiary/aromatic N) is 4. The first-order valence-electron chi connectivity index (χ1n) is 9.80. The highest BCUT2D eigenvalue weighted by atomic mass is 35.5. The highest BCUT2D eigenvalue weighted by Crippen LogP contribution is 2.22. The van der Waals surface area contributed by atoms with Crippen LogP contribution in [-0.4, -0.2) is 57.1 Å². The Morgan fingerprint density at radius 2 is 2.00 bits per heavy atom. The van der Waals surface area contributed by atoms with E-state index in [2.05, 4.69) is 25.5 Å². The highest BCUT2D eigenvalue weighted by molar-refractivity contribution is 6.31. The van der Waals surface area contributed by atoms with Crippen LogP contribution in [0.2, 0.25) is 5.02 Å². The van der Waals surface area contributed by atoms with Crippen LogP contribution in [0.15, 0.2) is 17.1 Å². The van der Waals surface area contributed by atoms with Gasteiger partial charge in [0.1, 0.15) is 10.7 Å². The number of likely N-dealkylation sites (tertiary alicyclic amines) is 1. The molecule has 0 aliphatic carbocycles. The normalized spacial score (nSPS) is 21.4. The first-order valence-corrected chi connectivity index (χ1v) is 10.2. The average Bonchev–Trinajstić information content (AvgIpc) is 3.09. The molecule has 0 saturated carbocycles. The van der Waals surface area contributed by atoms with Crippen LogP contribution in [0.4, 0.5) is 5.95 Å². The summed E-state index contributed by atoms with van der Waals surface area (Å²) in [4.78, 5) is 35.6. The highest BCUT2D eigenvalue weighted by Gasteiger charge is 2.32. The third kappa shape index (κ3) is 3.58. The fourth-order valence-corrected chi connectivity index (χ4v) is 4.31. The number of halogens is 1. The number of rotatable bonds is 4. The van der Waals surface area contributed by atoms with Gasteiger partial charge in [-0.25, -0.2) is 4.98 Å². The van der Waals surface area contributed by atoms with E-state index in [4.69, 9.17) is 11.6 Å². The summed E-state index contributed by atoms with van der Waals surface area (Å²) in [6.07, 6.45) is 4.43. The average molecular weight is 405 g/mol. The molecule has 0 bridgehead atoms. The lowest BCUT2D eigenvalue weighted by molar-refractivity contribution is -0.124. The number of carbonyl (C=O) groups is 1. The van der Waals surface area contributed by atoms with Crippen molar-refractivity contribution in [3.05, 3.63) is 27.6 Å². The van der Waals surface area contributed by atoms with Gasteiger partial charge in [-0.2, -0.15) is 4.98 Å². The largest absolute Gasteiger partial charge is 0.355 e. The van der Waals surface area contributed by atoms with Gasteiger partial charge >= 0.3 is 0 Å². The Bertz CT molecular complexity index is 951. The summed E-state index contributed by atoms with van der Waals surface area (Å²) in [7, 11) is 0. The van der Waals surface area contributed by atoms with Gasteiger partial charge in [-0.1, -0.05) is 11.6 Å². The second-order valence-corrected chi connectivity index (χ2v) is 8.19. The maximum Gasteiger partial charge on any atom is 0.271 e. The number of carbonyl (C=O) groups excluding carboxylic acids is 1. The number of anilines is 1. The van der Waals surface area contributed by atoms with Gasteiger partial charge in [0.05, 0.1) is 6.04 Å². The summed E-state index contributed by atoms with van der Waals surface area (Å²) >= 11 is 6.07. The molecular formula is C19H25ClN6O2. The molecule has 2 N–H and O–H groups in total. The summed E-state index contributed by atoms with van der Waals surface area (Å²) < 4.78 is 1.60. The van der Waals surface area contributed by atoms with Gasteiger partial charge in [-0.15, -0.1) is 0 Å². The molecule has 2 aromatic heterocycles. The van der Waals surface area contributed by atoms with Crippen molar-refractivity contribution in [2.24, 2.45) is 0 Å². The topological polar surface area (TPSA) is 92.2 Å². The number of amides is 1. The van der Waals surface area contributed by atoms with Gasteiger partial charge in [0.15, 0.2) is 0 Å². The fourth-order valence-electron chi connectivity index (χ4n) is 4.10. The Morgan fingerprint density at radius 3 is 2.64 bits per heavy atom. The molecule has 1 amide bonds. The fraction of sp³-hybridized carbons (Fsp3) is 0.579. The van der Waals surface area contributed by atoms with Crippen LogP contribution in [0.3, 0.4) is 0 Å². The smallest absolute Gasteiger partial charge is 0.271 e. The predicted molar refractivity (Wildman–Crippen MR) is 109 cm³/mol. The van der Waals surface area contributed by atoms with Gasteiger partial charge in [-0.05, 0) is 39.2 Å². The summed E-state index contributed by atoms with van der Waals surface area (Å²) in [5, 5.41) is 7.22. The lowest BCUT2D eigenvalue weighted by atomic mass is 10.0. The van der Waals surface area contributed by atoms with E-state index in [0.29, 0.717) is 11.6 Å². The van der Waals surface area contributed by atoms with E-state index < -0.39 is 0 Å². The molecule has 150 valence electrons. The summed E-state index contributed by atoms with van der Waals surface area (Å²) in [6, 6.07) is 1.82. The molecule has 0 aromatic carbocycles. The second-order valence-electron chi connectivity index (χ2n) is 7.78. The number of fused-ring (bicyclic) bond motifs is 1. The van der Waals surface area contributed by atoms with Gasteiger partial charge in [0.25, 0.3) is 5.56 Å². The van der Waals surface area contributed by atoms with Crippen molar-refractivity contribution in [2.75, 3.05) is 25.0 Å². The monoisotopic (exact) mass is 404 g/mol. The van der Waals surface area contributed by atoms with Crippen molar-refractivity contribution >= 4 is 34.5 Å². The zero-order valence-corrected chi connectivity index (χ0v) is 16.9. The predicted octanol–water partition coefficient (Wildman–Crippen LogP) is 1.79. The Morgan fingerprint density at radius 1 is 1.25 bits per heavy atom. The molecule has 4 heterocycles. The molecule has 2 saturated heterocycles. The van der Waals surface area contributed by atoms with E-state index in [-0.39, 0.29) is 34.6 Å². The molecule has 9 heteroatoms. The van der Waals surface area contributed by atoms with Crippen molar-refractivity contribution in [3.63, 3.8) is 0 Å². The van der Waals surface area contributed by atoms with Crippen molar-refractivity contribution in [1.82, 2.24) is 24.8 Å². The second kappa shape index (κ2) is 7.67. The van der Waals surface area contributed by atoms with Gasteiger partial charge in [-0.3, -0.25) is 19.1 Å². The van der Waals surface area contributed by atoms with Crippen molar-refractivity contribution in [2.45, 2.75) is 51.2 Å². The molecule has 4 rings (SSSR count). The molecule has 1 unspecified atom stereocenters. The van der Waals surface area contributed by atoms with E-state index in [1.165, 1.54) is 0 Å². The quantitative estimate of drug-likeness (QED) is 0.807. The minimum absolute atomic E-state index is 0.0168. The molecule has 0 radical (unpaired) electrons. The minimum atomic E-state index is -0.239. The van der Waals surface area contributed by atoms with Crippen LogP contribution in [0.1, 0.15) is 39.2 Å². The van der Waals surface area contributed by atoms with Crippen LogP contribution < -0.4 is 16.2 Å². The van der Waals surface area contributed by atoms with Crippen molar-refractivity contribution < 1.29 is 4.79 Å². The molecular weight excluding hydrogens is 380 g/mol. The van der Waals surface area contributed by atoms with Gasteiger partial charge < -0.3 is 10.6 Å². The number of nitrogens with one attached hydrogen (secondary N) is 2. The van der Waals surface area contributed by atoms with E-state index in [1.807, 2.05) is 13.8 Å². The number of hydrogen-bond donors (Lipinski definition) is 2. The van der Waals surface area contributed by atoms with E-state index in [0.717, 1.165) is 44.3 Å². The Labute approximate surface area is 168 Å². The molecule has 28 heavy (non-hydrogen) atoms. The Kier molecular flexibility index (Phi) is 5.25. The molecule has 0 spiro atoms. The van der Waals surface area contributed by atoms with Crippen molar-refractivity contribution in [3.8, 4) is 0 Å².